The predicted molar refractivity (Wildman–Crippen MR) is 113 cm³/mol. The molecule has 9 heteroatoms. The number of hydrogen-bond donors (Lipinski definition) is 0. The van der Waals surface area contributed by atoms with Gasteiger partial charge in [-0.05, 0) is 29.3 Å². The van der Waals surface area contributed by atoms with Crippen LogP contribution >= 0.6 is 0 Å². The van der Waals surface area contributed by atoms with Crippen molar-refractivity contribution in [1.82, 2.24) is 9.88 Å². The summed E-state index contributed by atoms with van der Waals surface area (Å²) < 4.78 is 0. The average molecular weight is 430 g/mol. The number of nitrogens with zero attached hydrogens (tertiary/aromatic N) is 4. The largest absolute Gasteiger partial charge is 0.275 e. The summed E-state index contributed by atoms with van der Waals surface area (Å²) in [5, 5.41) is 12.7. The minimum absolute atomic E-state index is 0.111. The molecule has 0 spiro atoms. The minimum atomic E-state index is -1.01. The van der Waals surface area contributed by atoms with Crippen LogP contribution in [0.3, 0.4) is 0 Å². The summed E-state index contributed by atoms with van der Waals surface area (Å²) in [6, 6.07) is 18.1. The number of nitro groups is 1. The molecule has 2 aliphatic heterocycles. The lowest BCUT2D eigenvalue weighted by Gasteiger charge is -2.28. The highest BCUT2D eigenvalue weighted by Crippen LogP contribution is 2.47. The van der Waals surface area contributed by atoms with Crippen LogP contribution in [0, 0.1) is 16.0 Å². The van der Waals surface area contributed by atoms with Crippen molar-refractivity contribution in [2.75, 3.05) is 5.06 Å². The summed E-state index contributed by atoms with van der Waals surface area (Å²) in [4.78, 5) is 48.6. The van der Waals surface area contributed by atoms with E-state index in [9.17, 15) is 19.7 Å². The van der Waals surface area contributed by atoms with Gasteiger partial charge in [-0.15, -0.1) is 0 Å². The maximum atomic E-state index is 13.4. The number of carbonyl (C=O) groups excluding carboxylic acids is 2. The molecular formula is C23H18N4O5. The fraction of sp³-hybridized carbons (Fsp3) is 0.174. The van der Waals surface area contributed by atoms with E-state index in [0.29, 0.717) is 5.69 Å². The van der Waals surface area contributed by atoms with Gasteiger partial charge in [0.05, 0.1) is 23.2 Å². The molecule has 0 unspecified atom stereocenters. The Hall–Kier alpha value is -4.11. The van der Waals surface area contributed by atoms with E-state index in [1.165, 1.54) is 22.1 Å². The normalized spacial score (nSPS) is 22.3. The monoisotopic (exact) mass is 430 g/mol. The summed E-state index contributed by atoms with van der Waals surface area (Å²) in [6.45, 7) is 0.161. The van der Waals surface area contributed by atoms with Crippen LogP contribution in [-0.2, 0) is 21.0 Å². The highest BCUT2D eigenvalue weighted by atomic mass is 16.7. The third kappa shape index (κ3) is 3.28. The molecule has 0 N–H and O–H groups in total. The molecule has 5 rings (SSSR count). The zero-order valence-corrected chi connectivity index (χ0v) is 16.8. The van der Waals surface area contributed by atoms with Gasteiger partial charge in [0.2, 0.25) is 5.91 Å². The highest BCUT2D eigenvalue weighted by molar-refractivity contribution is 6.07. The molecule has 160 valence electrons. The molecule has 2 aromatic carbocycles. The quantitative estimate of drug-likeness (QED) is 0.348. The number of nitro benzene ring substituents is 1. The second-order valence-electron chi connectivity index (χ2n) is 7.63. The number of amides is 2. The first-order valence-electron chi connectivity index (χ1n) is 10.0. The van der Waals surface area contributed by atoms with Crippen molar-refractivity contribution in [3.8, 4) is 0 Å². The van der Waals surface area contributed by atoms with E-state index in [2.05, 4.69) is 4.98 Å². The zero-order valence-electron chi connectivity index (χ0n) is 16.8. The number of non-ortho nitro benzene ring substituents is 1. The maximum absolute atomic E-state index is 13.4. The molecule has 0 aliphatic carbocycles. The van der Waals surface area contributed by atoms with E-state index in [1.807, 2.05) is 30.3 Å². The Labute approximate surface area is 183 Å². The Morgan fingerprint density at radius 2 is 1.72 bits per heavy atom. The molecule has 0 bridgehead atoms. The molecule has 9 nitrogen and oxygen atoms in total. The van der Waals surface area contributed by atoms with Crippen molar-refractivity contribution in [3.05, 3.63) is 100 Å². The Balaban J connectivity index is 1.53. The van der Waals surface area contributed by atoms with E-state index in [1.54, 1.807) is 36.7 Å². The average Bonchev–Trinajstić information content (AvgIpc) is 3.32. The molecular weight excluding hydrogens is 412 g/mol. The summed E-state index contributed by atoms with van der Waals surface area (Å²) in [6.07, 6.45) is 2.18. The third-order valence-corrected chi connectivity index (χ3v) is 5.73. The number of anilines is 1. The van der Waals surface area contributed by atoms with Crippen LogP contribution < -0.4 is 5.06 Å². The lowest BCUT2D eigenvalue weighted by Crippen LogP contribution is -2.37. The molecule has 1 aromatic heterocycles. The molecule has 2 saturated heterocycles. The van der Waals surface area contributed by atoms with Gasteiger partial charge < -0.3 is 0 Å². The van der Waals surface area contributed by atoms with Crippen LogP contribution in [0.15, 0.2) is 79.1 Å². The SMILES string of the molecule is O=C1[C@@H]2[C@H](ON(c3cccc([N+](=O)[O-])c3)[C@@H]2c2ccncc2)C(=O)N1Cc1ccccc1. The first-order valence-corrected chi connectivity index (χ1v) is 10.0. The zero-order chi connectivity index (χ0) is 22.2. The number of hydroxylamine groups is 1. The van der Waals surface area contributed by atoms with E-state index >= 15 is 0 Å². The Morgan fingerprint density at radius 3 is 2.44 bits per heavy atom. The number of fused-ring (bicyclic) bond motifs is 1. The van der Waals surface area contributed by atoms with Gasteiger partial charge >= 0.3 is 0 Å². The van der Waals surface area contributed by atoms with Crippen molar-refractivity contribution >= 4 is 23.2 Å². The molecule has 3 aromatic rings. The maximum Gasteiger partial charge on any atom is 0.271 e. The van der Waals surface area contributed by atoms with Crippen LogP contribution in [0.25, 0.3) is 0 Å². The Kier molecular flexibility index (Phi) is 4.87. The first-order chi connectivity index (χ1) is 15.5. The highest BCUT2D eigenvalue weighted by Gasteiger charge is 2.59. The summed E-state index contributed by atoms with van der Waals surface area (Å²) in [7, 11) is 0. The van der Waals surface area contributed by atoms with E-state index < -0.39 is 28.9 Å². The second kappa shape index (κ2) is 7.86. The van der Waals surface area contributed by atoms with Crippen LogP contribution in [0.1, 0.15) is 17.2 Å². The predicted octanol–water partition coefficient (Wildman–Crippen LogP) is 3.04. The van der Waals surface area contributed by atoms with Crippen LogP contribution in [-0.4, -0.2) is 32.7 Å². The molecule has 32 heavy (non-hydrogen) atoms. The number of pyridine rings is 1. The van der Waals surface area contributed by atoms with Gasteiger partial charge in [-0.1, -0.05) is 36.4 Å². The second-order valence-corrected chi connectivity index (χ2v) is 7.63. The number of carbonyl (C=O) groups is 2. The number of benzene rings is 2. The number of imide groups is 1. The first kappa shape index (κ1) is 19.8. The Morgan fingerprint density at radius 1 is 0.969 bits per heavy atom. The lowest BCUT2D eigenvalue weighted by molar-refractivity contribution is -0.384. The van der Waals surface area contributed by atoms with Crippen molar-refractivity contribution in [3.63, 3.8) is 0 Å². The summed E-state index contributed by atoms with van der Waals surface area (Å²) >= 11 is 0. The molecule has 2 amide bonds. The van der Waals surface area contributed by atoms with Crippen LogP contribution in [0.2, 0.25) is 0 Å². The van der Waals surface area contributed by atoms with Crippen molar-refractivity contribution in [2.45, 2.75) is 18.7 Å². The lowest BCUT2D eigenvalue weighted by atomic mass is 9.91. The smallest absolute Gasteiger partial charge is 0.271 e. The standard InChI is InChI=1S/C23H18N4O5/c28-22-19-20(16-9-11-24-12-10-16)26(17-7-4-8-18(13-17)27(30)31)32-21(19)23(29)25(22)14-15-5-2-1-3-6-15/h1-13,19-21H,14H2/t19-,20+,21-/m0/s1. The van der Waals surface area contributed by atoms with Crippen molar-refractivity contribution < 1.29 is 19.3 Å². The van der Waals surface area contributed by atoms with E-state index in [0.717, 1.165) is 11.1 Å². The van der Waals surface area contributed by atoms with Gasteiger partial charge in [0.15, 0.2) is 6.10 Å². The number of rotatable bonds is 5. The van der Waals surface area contributed by atoms with Gasteiger partial charge in [0, 0.05) is 24.5 Å². The fourth-order valence-electron chi connectivity index (χ4n) is 4.26. The van der Waals surface area contributed by atoms with Crippen molar-refractivity contribution in [2.24, 2.45) is 5.92 Å². The number of hydrogen-bond acceptors (Lipinski definition) is 7. The molecule has 3 atom stereocenters. The molecule has 2 aliphatic rings. The molecule has 0 radical (unpaired) electrons. The number of likely N-dealkylation sites (tertiary alicyclic amines) is 1. The van der Waals surface area contributed by atoms with Gasteiger partial charge in [0.25, 0.3) is 11.6 Å². The number of aromatic nitrogens is 1. The minimum Gasteiger partial charge on any atom is -0.275 e. The van der Waals surface area contributed by atoms with Crippen LogP contribution in [0.5, 0.6) is 0 Å². The van der Waals surface area contributed by atoms with E-state index in [-0.39, 0.29) is 18.1 Å². The summed E-state index contributed by atoms with van der Waals surface area (Å²) in [5.41, 5.74) is 1.84. The van der Waals surface area contributed by atoms with Gasteiger partial charge in [0.1, 0.15) is 5.92 Å². The molecule has 2 fully saturated rings. The fourth-order valence-corrected chi connectivity index (χ4v) is 4.26. The Bertz CT molecular complexity index is 1190. The van der Waals surface area contributed by atoms with Gasteiger partial charge in [-0.2, -0.15) is 0 Å². The molecule has 3 heterocycles. The van der Waals surface area contributed by atoms with Crippen molar-refractivity contribution in [1.29, 1.82) is 0 Å². The van der Waals surface area contributed by atoms with Gasteiger partial charge in [-0.3, -0.25) is 34.4 Å². The summed E-state index contributed by atoms with van der Waals surface area (Å²) in [5.74, 6) is -1.54. The van der Waals surface area contributed by atoms with Crippen LogP contribution in [0.4, 0.5) is 11.4 Å². The third-order valence-electron chi connectivity index (χ3n) is 5.73. The van der Waals surface area contributed by atoms with E-state index in [4.69, 9.17) is 4.84 Å². The topological polar surface area (TPSA) is 106 Å². The van der Waals surface area contributed by atoms with Gasteiger partial charge in [-0.25, -0.2) is 5.06 Å². The molecule has 0 saturated carbocycles.